The van der Waals surface area contributed by atoms with Crippen molar-refractivity contribution in [2.45, 2.75) is 46.0 Å². The molecule has 0 radical (unpaired) electrons. The molecule has 1 rings (SSSR count). The fourth-order valence-corrected chi connectivity index (χ4v) is 2.76. The van der Waals surface area contributed by atoms with Crippen LogP contribution in [0.5, 0.6) is 0 Å². The number of hydrogen-bond acceptors (Lipinski definition) is 1. The third-order valence-electron chi connectivity index (χ3n) is 3.43. The number of carbonyl (C=O) groups excluding carboxylic acids is 1. The Morgan fingerprint density at radius 1 is 1.47 bits per heavy atom. The van der Waals surface area contributed by atoms with Crippen LogP contribution in [0.1, 0.15) is 46.0 Å². The molecule has 0 spiro atoms. The molecule has 1 amide bonds. The Kier molecular flexibility index (Phi) is 5.36. The molecule has 0 heterocycles. The minimum absolute atomic E-state index is 0.201. The number of alkyl halides is 1. The Labute approximate surface area is 107 Å². The molecule has 0 aromatic carbocycles. The van der Waals surface area contributed by atoms with E-state index in [0.717, 1.165) is 23.8 Å². The van der Waals surface area contributed by atoms with E-state index in [1.165, 1.54) is 19.3 Å². The van der Waals surface area contributed by atoms with Gasteiger partial charge in [-0.2, -0.15) is 0 Å². The van der Waals surface area contributed by atoms with Gasteiger partial charge >= 0.3 is 0 Å². The van der Waals surface area contributed by atoms with Gasteiger partial charge in [-0.3, -0.25) is 4.79 Å². The highest BCUT2D eigenvalue weighted by Gasteiger charge is 2.36. The van der Waals surface area contributed by atoms with Gasteiger partial charge in [0.05, 0.1) is 0 Å². The van der Waals surface area contributed by atoms with Crippen molar-refractivity contribution in [2.24, 2.45) is 11.3 Å². The van der Waals surface area contributed by atoms with Crippen molar-refractivity contribution in [3.8, 4) is 0 Å². The van der Waals surface area contributed by atoms with Crippen molar-refractivity contribution in [3.63, 3.8) is 0 Å². The van der Waals surface area contributed by atoms with E-state index in [4.69, 9.17) is 0 Å². The summed E-state index contributed by atoms with van der Waals surface area (Å²) in [4.78, 5) is 12.0. The zero-order valence-electron chi connectivity index (χ0n) is 9.81. The summed E-state index contributed by atoms with van der Waals surface area (Å²) < 4.78 is 1.12. The molecule has 0 bridgehead atoms. The fourth-order valence-electron chi connectivity index (χ4n) is 2.38. The minimum Gasteiger partial charge on any atom is -0.356 e. The first kappa shape index (κ1) is 13.3. The molecule has 1 N–H and O–H groups in total. The predicted molar refractivity (Wildman–Crippen MR) is 72.3 cm³/mol. The number of halogens is 1. The van der Waals surface area contributed by atoms with Crippen LogP contribution in [-0.2, 0) is 4.79 Å². The summed E-state index contributed by atoms with van der Waals surface area (Å²) in [6.07, 6.45) is 5.85. The first-order valence-electron chi connectivity index (χ1n) is 5.91. The van der Waals surface area contributed by atoms with E-state index in [1.807, 2.05) is 0 Å². The maximum absolute atomic E-state index is 12.0. The van der Waals surface area contributed by atoms with E-state index < -0.39 is 0 Å². The summed E-state index contributed by atoms with van der Waals surface area (Å²) in [6.45, 7) is 5.30. The third-order valence-corrected chi connectivity index (χ3v) is 4.20. The van der Waals surface area contributed by atoms with Gasteiger partial charge in [0.1, 0.15) is 0 Å². The summed E-state index contributed by atoms with van der Waals surface area (Å²) in [5.41, 5.74) is 0.201. The molecule has 3 heteroatoms. The number of nitrogens with one attached hydrogen (secondary N) is 1. The predicted octanol–water partition coefficient (Wildman–Crippen LogP) is 3.14. The Bertz CT molecular complexity index is 216. The standard InChI is InChI=1S/C12H22INO/c1-12(2)7-4-3-6-10(12)11(15)14-9-5-8-13/h10H,3-9H2,1-2H3,(H,14,15). The largest absolute Gasteiger partial charge is 0.356 e. The van der Waals surface area contributed by atoms with Crippen LogP contribution in [-0.4, -0.2) is 16.9 Å². The zero-order valence-corrected chi connectivity index (χ0v) is 12.0. The Hall–Kier alpha value is 0.200. The van der Waals surface area contributed by atoms with Crippen LogP contribution in [0.25, 0.3) is 0 Å². The Morgan fingerprint density at radius 2 is 2.20 bits per heavy atom. The Morgan fingerprint density at radius 3 is 2.80 bits per heavy atom. The van der Waals surface area contributed by atoms with E-state index in [9.17, 15) is 4.79 Å². The normalized spacial score (nSPS) is 24.9. The fraction of sp³-hybridized carbons (Fsp3) is 0.917. The summed E-state index contributed by atoms with van der Waals surface area (Å²) in [7, 11) is 0. The quantitative estimate of drug-likeness (QED) is 0.481. The lowest BCUT2D eigenvalue weighted by atomic mass is 9.68. The van der Waals surface area contributed by atoms with Crippen LogP contribution >= 0.6 is 22.6 Å². The van der Waals surface area contributed by atoms with E-state index in [1.54, 1.807) is 0 Å². The highest BCUT2D eigenvalue weighted by molar-refractivity contribution is 14.1. The smallest absolute Gasteiger partial charge is 0.223 e. The highest BCUT2D eigenvalue weighted by atomic mass is 127. The van der Waals surface area contributed by atoms with Crippen LogP contribution < -0.4 is 5.32 Å². The molecule has 1 unspecified atom stereocenters. The Balaban J connectivity index is 2.42. The molecular weight excluding hydrogens is 301 g/mol. The van der Waals surface area contributed by atoms with Crippen LogP contribution in [0, 0.1) is 11.3 Å². The summed E-state index contributed by atoms with van der Waals surface area (Å²) >= 11 is 2.34. The first-order chi connectivity index (χ1) is 7.08. The number of amides is 1. The second kappa shape index (κ2) is 6.06. The SMILES string of the molecule is CC1(C)CCCCC1C(=O)NCCCI. The molecule has 1 aliphatic carbocycles. The molecule has 0 aromatic heterocycles. The number of rotatable bonds is 4. The lowest BCUT2D eigenvalue weighted by molar-refractivity contribution is -0.130. The molecule has 1 atom stereocenters. The molecule has 1 aliphatic rings. The molecule has 0 aromatic rings. The van der Waals surface area contributed by atoms with Crippen LogP contribution in [0.2, 0.25) is 0 Å². The molecule has 15 heavy (non-hydrogen) atoms. The van der Waals surface area contributed by atoms with E-state index in [0.29, 0.717) is 0 Å². The van der Waals surface area contributed by atoms with Crippen molar-refractivity contribution in [1.29, 1.82) is 0 Å². The van der Waals surface area contributed by atoms with Gasteiger partial charge in [-0.1, -0.05) is 49.3 Å². The van der Waals surface area contributed by atoms with Gasteiger partial charge in [0.25, 0.3) is 0 Å². The van der Waals surface area contributed by atoms with Crippen LogP contribution in [0.15, 0.2) is 0 Å². The highest BCUT2D eigenvalue weighted by Crippen LogP contribution is 2.40. The van der Waals surface area contributed by atoms with E-state index in [2.05, 4.69) is 41.8 Å². The molecule has 1 saturated carbocycles. The second-order valence-electron chi connectivity index (χ2n) is 5.12. The van der Waals surface area contributed by atoms with Gasteiger partial charge in [0.2, 0.25) is 5.91 Å². The van der Waals surface area contributed by atoms with E-state index in [-0.39, 0.29) is 17.2 Å². The first-order valence-corrected chi connectivity index (χ1v) is 7.44. The van der Waals surface area contributed by atoms with Gasteiger partial charge in [0.15, 0.2) is 0 Å². The third kappa shape index (κ3) is 3.93. The zero-order chi connectivity index (χ0) is 11.3. The topological polar surface area (TPSA) is 29.1 Å². The molecule has 0 saturated heterocycles. The maximum atomic E-state index is 12.0. The lowest BCUT2D eigenvalue weighted by Crippen LogP contribution is -2.41. The van der Waals surface area contributed by atoms with Crippen molar-refractivity contribution in [2.75, 3.05) is 11.0 Å². The summed E-state index contributed by atoms with van der Waals surface area (Å²) in [5.74, 6) is 0.519. The summed E-state index contributed by atoms with van der Waals surface area (Å²) in [6, 6.07) is 0. The molecule has 2 nitrogen and oxygen atoms in total. The lowest BCUT2D eigenvalue weighted by Gasteiger charge is -2.37. The van der Waals surface area contributed by atoms with Gasteiger partial charge in [-0.25, -0.2) is 0 Å². The summed E-state index contributed by atoms with van der Waals surface area (Å²) in [5, 5.41) is 3.07. The van der Waals surface area contributed by atoms with Gasteiger partial charge in [-0.05, 0) is 24.7 Å². The van der Waals surface area contributed by atoms with Crippen molar-refractivity contribution in [3.05, 3.63) is 0 Å². The maximum Gasteiger partial charge on any atom is 0.223 e. The molecular formula is C12H22INO. The number of hydrogen-bond donors (Lipinski definition) is 1. The molecule has 0 aliphatic heterocycles. The number of carbonyl (C=O) groups is 1. The van der Waals surface area contributed by atoms with Crippen molar-refractivity contribution < 1.29 is 4.79 Å². The second-order valence-corrected chi connectivity index (χ2v) is 6.20. The van der Waals surface area contributed by atoms with Gasteiger partial charge in [-0.15, -0.1) is 0 Å². The molecule has 88 valence electrons. The van der Waals surface area contributed by atoms with Crippen molar-refractivity contribution >= 4 is 28.5 Å². The average Bonchev–Trinajstić information content (AvgIpc) is 2.17. The monoisotopic (exact) mass is 323 g/mol. The average molecular weight is 323 g/mol. The van der Waals surface area contributed by atoms with Crippen LogP contribution in [0.4, 0.5) is 0 Å². The van der Waals surface area contributed by atoms with Gasteiger partial charge < -0.3 is 5.32 Å². The molecule has 1 fully saturated rings. The van der Waals surface area contributed by atoms with Crippen LogP contribution in [0.3, 0.4) is 0 Å². The minimum atomic E-state index is 0.201. The van der Waals surface area contributed by atoms with E-state index >= 15 is 0 Å². The van der Waals surface area contributed by atoms with Crippen molar-refractivity contribution in [1.82, 2.24) is 5.32 Å². The van der Waals surface area contributed by atoms with Gasteiger partial charge in [0, 0.05) is 16.9 Å².